The van der Waals surface area contributed by atoms with Crippen LogP contribution >= 0.6 is 26.8 Å². The number of ether oxygens (including phenoxy) is 1. The normalized spacial score (nSPS) is 27.3. The fourth-order valence-electron chi connectivity index (χ4n) is 6.46. The van der Waals surface area contributed by atoms with Gasteiger partial charge in [0.25, 0.3) is 0 Å². The van der Waals surface area contributed by atoms with Crippen molar-refractivity contribution in [3.8, 4) is 0 Å². The quantitative estimate of drug-likeness (QED) is 0.186. The van der Waals surface area contributed by atoms with E-state index in [1.54, 1.807) is 0 Å². The van der Waals surface area contributed by atoms with Crippen LogP contribution in [0.15, 0.2) is 30.6 Å². The summed E-state index contributed by atoms with van der Waals surface area (Å²) in [6.45, 7) is 0.000919. The molecular formula is C25H32ClN5O9P2. The molecule has 0 amide bonds. The molecule has 3 aliphatic rings. The van der Waals surface area contributed by atoms with Crippen LogP contribution in [0.2, 0.25) is 5.28 Å². The highest BCUT2D eigenvalue weighted by molar-refractivity contribution is 7.70. The van der Waals surface area contributed by atoms with E-state index < -0.39 is 52.2 Å². The fourth-order valence-corrected chi connectivity index (χ4v) is 9.19. The Kier molecular flexibility index (Phi) is 8.02. The number of rotatable bonds is 7. The molecule has 1 saturated heterocycles. The van der Waals surface area contributed by atoms with E-state index >= 15 is 0 Å². The van der Waals surface area contributed by atoms with Gasteiger partial charge in [0, 0.05) is 17.6 Å². The third-order valence-electron chi connectivity index (χ3n) is 8.33. The number of nitrogens with zero attached hydrogens (tertiary/aromatic N) is 5. The molecule has 5 N–H and O–H groups in total. The van der Waals surface area contributed by atoms with Crippen LogP contribution in [0.25, 0.3) is 11.2 Å². The maximum absolute atomic E-state index is 12.1. The number of imidazole rings is 1. The van der Waals surface area contributed by atoms with E-state index in [4.69, 9.17) is 30.6 Å². The van der Waals surface area contributed by atoms with Crippen molar-refractivity contribution in [1.29, 1.82) is 0 Å². The number of hydrogen-bond acceptors (Lipinski definition) is 10. The van der Waals surface area contributed by atoms with E-state index in [0.29, 0.717) is 17.9 Å². The average Bonchev–Trinajstić information content (AvgIpc) is 3.48. The van der Waals surface area contributed by atoms with Crippen LogP contribution in [-0.4, -0.2) is 81.8 Å². The summed E-state index contributed by atoms with van der Waals surface area (Å²) in [5, 5.41) is 21.4. The Labute approximate surface area is 246 Å². The molecule has 4 heterocycles. The van der Waals surface area contributed by atoms with Gasteiger partial charge in [0.2, 0.25) is 5.28 Å². The first-order valence-electron chi connectivity index (χ1n) is 13.7. The Balaban J connectivity index is 1.30. The number of anilines is 2. The molecule has 17 heteroatoms. The Bertz CT molecular complexity index is 1580. The lowest BCUT2D eigenvalue weighted by Crippen LogP contribution is -2.33. The third kappa shape index (κ3) is 5.66. The van der Waals surface area contributed by atoms with Crippen LogP contribution in [0.3, 0.4) is 0 Å². The first-order chi connectivity index (χ1) is 19.9. The molecule has 42 heavy (non-hydrogen) atoms. The highest BCUT2D eigenvalue weighted by Crippen LogP contribution is 2.56. The van der Waals surface area contributed by atoms with Gasteiger partial charge in [-0.1, -0.05) is 43.9 Å². The summed E-state index contributed by atoms with van der Waals surface area (Å²) in [5.41, 5.74) is 2.93. The van der Waals surface area contributed by atoms with Crippen molar-refractivity contribution in [3.63, 3.8) is 0 Å². The summed E-state index contributed by atoms with van der Waals surface area (Å²) in [6, 6.07) is 8.28. The number of aromatic nitrogens is 4. The van der Waals surface area contributed by atoms with Gasteiger partial charge in [0.05, 0.1) is 12.9 Å². The second-order valence-electron chi connectivity index (χ2n) is 11.2. The van der Waals surface area contributed by atoms with Crippen molar-refractivity contribution in [3.05, 3.63) is 41.4 Å². The highest BCUT2D eigenvalue weighted by Gasteiger charge is 2.47. The van der Waals surface area contributed by atoms with Crippen molar-refractivity contribution in [2.75, 3.05) is 24.0 Å². The summed E-state index contributed by atoms with van der Waals surface area (Å²) in [4.78, 5) is 43.4. The van der Waals surface area contributed by atoms with Crippen LogP contribution in [0.4, 0.5) is 11.5 Å². The molecule has 0 bridgehead atoms. The van der Waals surface area contributed by atoms with Gasteiger partial charge in [-0.05, 0) is 36.1 Å². The lowest BCUT2D eigenvalue weighted by atomic mass is 9.76. The Morgan fingerprint density at radius 1 is 1.05 bits per heavy atom. The zero-order chi connectivity index (χ0) is 29.9. The smallest absolute Gasteiger partial charge is 0.340 e. The molecule has 5 unspecified atom stereocenters. The summed E-state index contributed by atoms with van der Waals surface area (Å²) in [5.74, 6) is -0.885. The zero-order valence-electron chi connectivity index (χ0n) is 22.4. The van der Waals surface area contributed by atoms with Gasteiger partial charge in [-0.3, -0.25) is 13.7 Å². The zero-order valence-corrected chi connectivity index (χ0v) is 25.0. The molecule has 1 saturated carbocycles. The number of fused-ring (bicyclic) bond motifs is 3. The topological polar surface area (TPSA) is 201 Å². The van der Waals surface area contributed by atoms with E-state index in [-0.39, 0.29) is 16.3 Å². The highest BCUT2D eigenvalue weighted by atomic mass is 35.5. The molecule has 6 rings (SSSR count). The maximum atomic E-state index is 12.1. The molecule has 0 radical (unpaired) electrons. The van der Waals surface area contributed by atoms with E-state index in [1.165, 1.54) is 29.3 Å². The molecule has 2 fully saturated rings. The molecule has 1 spiro atoms. The molecule has 228 valence electrons. The van der Waals surface area contributed by atoms with Crippen molar-refractivity contribution >= 4 is 49.5 Å². The van der Waals surface area contributed by atoms with Gasteiger partial charge in [0.15, 0.2) is 29.1 Å². The standard InChI is InChI=1S/C25H32ClN5O9P2/c26-24-28-21(30-12-25(9-5-1-2-6-10-25)15-7-3-4-8-16(15)30)18-22(29-24)31(13-27-18)23-20(33)19(32)17(40-23)11-39-42(37,38)14-41(34,35)36/h3-4,7-8,13,17,19-20,23,32-33H,1-2,5-6,9-12,14H2,(H,37,38)(H2,34,35,36). The molecule has 1 aliphatic carbocycles. The first-order valence-corrected chi connectivity index (χ1v) is 17.6. The second-order valence-corrected chi connectivity index (χ2v) is 15.6. The van der Waals surface area contributed by atoms with E-state index in [0.717, 1.165) is 31.4 Å². The maximum Gasteiger partial charge on any atom is 0.340 e. The summed E-state index contributed by atoms with van der Waals surface area (Å²) in [6.07, 6.45) is 2.63. The molecule has 3 aromatic rings. The predicted octanol–water partition coefficient (Wildman–Crippen LogP) is 3.18. The Morgan fingerprint density at radius 2 is 1.76 bits per heavy atom. The number of hydrogen-bond donors (Lipinski definition) is 5. The SMILES string of the molecule is O=P(O)(O)CP(=O)(O)OCC1OC(n2cnc3c(N4CC5(CCCCCC5)c5ccccc54)nc(Cl)nc32)C(O)C1O. The van der Waals surface area contributed by atoms with E-state index in [1.807, 2.05) is 6.07 Å². The van der Waals surface area contributed by atoms with Gasteiger partial charge >= 0.3 is 15.2 Å². The Morgan fingerprint density at radius 3 is 2.48 bits per heavy atom. The van der Waals surface area contributed by atoms with Crippen LogP contribution in [0.1, 0.15) is 50.3 Å². The van der Waals surface area contributed by atoms with Gasteiger partial charge in [-0.25, -0.2) is 4.98 Å². The molecule has 2 aromatic heterocycles. The van der Waals surface area contributed by atoms with Crippen LogP contribution < -0.4 is 4.90 Å². The minimum atomic E-state index is -4.84. The van der Waals surface area contributed by atoms with Crippen molar-refractivity contribution in [1.82, 2.24) is 19.5 Å². The van der Waals surface area contributed by atoms with Crippen molar-refractivity contribution in [2.24, 2.45) is 0 Å². The van der Waals surface area contributed by atoms with Gasteiger partial charge < -0.3 is 39.1 Å². The number of aliphatic hydroxyl groups is 2. The molecule has 5 atom stereocenters. The lowest BCUT2D eigenvalue weighted by molar-refractivity contribution is -0.0483. The van der Waals surface area contributed by atoms with E-state index in [2.05, 4.69) is 38.1 Å². The summed E-state index contributed by atoms with van der Waals surface area (Å²) >= 11 is 6.43. The van der Waals surface area contributed by atoms with Crippen molar-refractivity contribution in [2.45, 2.75) is 68.5 Å². The molecule has 1 aromatic carbocycles. The summed E-state index contributed by atoms with van der Waals surface area (Å²) in [7, 11) is -9.54. The molecule has 2 aliphatic heterocycles. The minimum absolute atomic E-state index is 0.0204. The Hall–Kier alpha value is -1.96. The first kappa shape index (κ1) is 30.1. The van der Waals surface area contributed by atoms with Gasteiger partial charge in [0.1, 0.15) is 18.3 Å². The van der Waals surface area contributed by atoms with Gasteiger partial charge in [-0.15, -0.1) is 0 Å². The predicted molar refractivity (Wildman–Crippen MR) is 152 cm³/mol. The monoisotopic (exact) mass is 643 g/mol. The number of benzene rings is 1. The van der Waals surface area contributed by atoms with Crippen molar-refractivity contribution < 1.29 is 43.3 Å². The average molecular weight is 644 g/mol. The number of para-hydroxylation sites is 1. The van der Waals surface area contributed by atoms with Crippen LogP contribution in [0, 0.1) is 0 Å². The second kappa shape index (κ2) is 11.2. The summed E-state index contributed by atoms with van der Waals surface area (Å²) < 4.78 is 35.2. The minimum Gasteiger partial charge on any atom is -0.387 e. The number of aliphatic hydroxyl groups excluding tert-OH is 2. The third-order valence-corrected chi connectivity index (χ3v) is 12.0. The van der Waals surface area contributed by atoms with Crippen LogP contribution in [-0.2, 0) is 23.8 Å². The molecular weight excluding hydrogens is 612 g/mol. The fraction of sp³-hybridized carbons (Fsp3) is 0.560. The van der Waals surface area contributed by atoms with E-state index in [9.17, 15) is 24.2 Å². The van der Waals surface area contributed by atoms with Crippen LogP contribution in [0.5, 0.6) is 0 Å². The molecule has 14 nitrogen and oxygen atoms in total. The largest absolute Gasteiger partial charge is 0.387 e. The lowest BCUT2D eigenvalue weighted by Gasteiger charge is -2.29. The number of halogens is 1. The van der Waals surface area contributed by atoms with Gasteiger partial charge in [-0.2, -0.15) is 9.97 Å².